The molecule has 33 heavy (non-hydrogen) atoms. The van der Waals surface area contributed by atoms with E-state index in [1.165, 1.54) is 12.1 Å². The van der Waals surface area contributed by atoms with Crippen molar-refractivity contribution >= 4 is 33.4 Å². The molecule has 1 atom stereocenters. The van der Waals surface area contributed by atoms with E-state index in [2.05, 4.69) is 10.0 Å². The van der Waals surface area contributed by atoms with E-state index < -0.39 is 28.2 Å². The lowest BCUT2D eigenvalue weighted by molar-refractivity contribution is 0.0993. The van der Waals surface area contributed by atoms with Crippen LogP contribution < -0.4 is 10.0 Å². The van der Waals surface area contributed by atoms with Crippen molar-refractivity contribution in [1.82, 2.24) is 14.9 Å². The average molecular weight is 496 g/mol. The van der Waals surface area contributed by atoms with E-state index in [-0.39, 0.29) is 28.3 Å². The first kappa shape index (κ1) is 25.1. The zero-order valence-corrected chi connectivity index (χ0v) is 20.1. The lowest BCUT2D eigenvalue weighted by atomic mass is 9.99. The number of Topliss-reactive ketones (excluding diaryl/α,β-unsaturated/α-hetero) is 1. The van der Waals surface area contributed by atoms with E-state index in [9.17, 15) is 22.4 Å². The van der Waals surface area contributed by atoms with Crippen LogP contribution in [0.2, 0.25) is 5.02 Å². The number of sulfonamides is 1. The minimum atomic E-state index is -3.80. The van der Waals surface area contributed by atoms with Gasteiger partial charge in [0.15, 0.2) is 11.6 Å². The average Bonchev–Trinajstić information content (AvgIpc) is 3.22. The molecule has 0 aliphatic carbocycles. The highest BCUT2D eigenvalue weighted by Gasteiger charge is 2.30. The molecule has 2 N–H and O–H groups in total. The maximum Gasteiger partial charge on any atom is 0.317 e. The molecular weight excluding hydrogens is 469 g/mol. The molecule has 1 aliphatic heterocycles. The molecule has 1 aliphatic rings. The molecule has 1 unspecified atom stereocenters. The normalized spacial score (nSPS) is 16.1. The molecule has 0 spiro atoms. The number of hydrogen-bond acceptors (Lipinski definition) is 4. The SMILES string of the molecule is CCNC(=O)N1CCC(CS(=O)(=O)NCC(=O)c2cc(-c3cccc(C)c3)cc(Cl)c2F)C1. The number of rotatable bonds is 8. The Morgan fingerprint density at radius 1 is 1.21 bits per heavy atom. The topological polar surface area (TPSA) is 95.6 Å². The summed E-state index contributed by atoms with van der Waals surface area (Å²) in [5.74, 6) is -2.06. The predicted molar refractivity (Wildman–Crippen MR) is 126 cm³/mol. The molecule has 1 fully saturated rings. The predicted octanol–water partition coefficient (Wildman–Crippen LogP) is 3.61. The number of nitrogens with zero attached hydrogens (tertiary/aromatic N) is 1. The fourth-order valence-corrected chi connectivity index (χ4v) is 5.42. The van der Waals surface area contributed by atoms with Crippen LogP contribution in [0, 0.1) is 18.7 Å². The van der Waals surface area contributed by atoms with Gasteiger partial charge in [-0.15, -0.1) is 0 Å². The zero-order valence-electron chi connectivity index (χ0n) is 18.5. The Balaban J connectivity index is 1.66. The number of carbonyl (C=O) groups is 2. The highest BCUT2D eigenvalue weighted by Crippen LogP contribution is 2.29. The molecule has 1 heterocycles. The summed E-state index contributed by atoms with van der Waals surface area (Å²) in [5.41, 5.74) is 2.05. The molecule has 0 radical (unpaired) electrons. The first-order valence-corrected chi connectivity index (χ1v) is 12.7. The number of benzene rings is 2. The molecule has 2 aromatic carbocycles. The first-order valence-electron chi connectivity index (χ1n) is 10.7. The number of likely N-dealkylation sites (tertiary alicyclic amines) is 1. The van der Waals surface area contributed by atoms with E-state index in [1.807, 2.05) is 38.1 Å². The van der Waals surface area contributed by atoms with Crippen molar-refractivity contribution in [3.8, 4) is 11.1 Å². The molecule has 0 saturated carbocycles. The number of carbonyl (C=O) groups excluding carboxylic acids is 2. The summed E-state index contributed by atoms with van der Waals surface area (Å²) >= 11 is 6.01. The Kier molecular flexibility index (Phi) is 8.10. The minimum absolute atomic E-state index is 0.211. The molecule has 2 amide bonds. The van der Waals surface area contributed by atoms with Crippen molar-refractivity contribution < 1.29 is 22.4 Å². The van der Waals surface area contributed by atoms with E-state index in [1.54, 1.807) is 4.90 Å². The summed E-state index contributed by atoms with van der Waals surface area (Å²) in [6.07, 6.45) is 0.550. The Hall–Kier alpha value is -2.49. The van der Waals surface area contributed by atoms with Gasteiger partial charge in [0.05, 0.1) is 22.9 Å². The third kappa shape index (κ3) is 6.52. The summed E-state index contributed by atoms with van der Waals surface area (Å²) in [6, 6.07) is 10.1. The number of aryl methyl sites for hydroxylation is 1. The van der Waals surface area contributed by atoms with Crippen LogP contribution in [-0.2, 0) is 10.0 Å². The third-order valence-electron chi connectivity index (χ3n) is 5.49. The number of amides is 2. The Labute approximate surface area is 198 Å². The second-order valence-corrected chi connectivity index (χ2v) is 10.4. The van der Waals surface area contributed by atoms with Crippen molar-refractivity contribution in [1.29, 1.82) is 0 Å². The van der Waals surface area contributed by atoms with Crippen LogP contribution in [0.4, 0.5) is 9.18 Å². The highest BCUT2D eigenvalue weighted by molar-refractivity contribution is 7.89. The van der Waals surface area contributed by atoms with Crippen molar-refractivity contribution in [2.45, 2.75) is 20.3 Å². The van der Waals surface area contributed by atoms with Gasteiger partial charge in [0.2, 0.25) is 10.0 Å². The van der Waals surface area contributed by atoms with E-state index in [0.29, 0.717) is 31.6 Å². The van der Waals surface area contributed by atoms with Gasteiger partial charge in [-0.3, -0.25) is 4.79 Å². The monoisotopic (exact) mass is 495 g/mol. The second kappa shape index (κ2) is 10.6. The summed E-state index contributed by atoms with van der Waals surface area (Å²) in [4.78, 5) is 26.1. The lowest BCUT2D eigenvalue weighted by Gasteiger charge is -2.17. The van der Waals surface area contributed by atoms with Crippen molar-refractivity contribution in [2.75, 3.05) is 31.9 Å². The smallest absolute Gasteiger partial charge is 0.317 e. The molecule has 2 aromatic rings. The van der Waals surface area contributed by atoms with Gasteiger partial charge in [0.1, 0.15) is 0 Å². The summed E-state index contributed by atoms with van der Waals surface area (Å²) in [5, 5.41) is 2.48. The van der Waals surface area contributed by atoms with Crippen LogP contribution in [-0.4, -0.2) is 57.1 Å². The van der Waals surface area contributed by atoms with E-state index in [0.717, 1.165) is 11.1 Å². The number of nitrogens with one attached hydrogen (secondary N) is 2. The van der Waals surface area contributed by atoms with Gasteiger partial charge >= 0.3 is 6.03 Å². The Bertz CT molecular complexity index is 1160. The summed E-state index contributed by atoms with van der Waals surface area (Å²) in [6.45, 7) is 4.43. The fourth-order valence-electron chi connectivity index (χ4n) is 3.84. The standard InChI is InChI=1S/C23H27ClFN3O4S/c1-3-26-23(30)28-8-7-16(13-28)14-33(31,32)27-12-21(29)19-10-18(11-20(24)22(19)25)17-6-4-5-15(2)9-17/h4-6,9-11,16,27H,3,7-8,12-14H2,1-2H3,(H,26,30). The quantitative estimate of drug-likeness (QED) is 0.547. The minimum Gasteiger partial charge on any atom is -0.338 e. The molecule has 0 bridgehead atoms. The lowest BCUT2D eigenvalue weighted by Crippen LogP contribution is -2.39. The summed E-state index contributed by atoms with van der Waals surface area (Å²) < 4.78 is 41.8. The van der Waals surface area contributed by atoms with Crippen molar-refractivity contribution in [2.24, 2.45) is 5.92 Å². The first-order chi connectivity index (χ1) is 15.6. The van der Waals surface area contributed by atoms with Crippen LogP contribution in [0.1, 0.15) is 29.3 Å². The fraction of sp³-hybridized carbons (Fsp3) is 0.391. The maximum atomic E-state index is 14.6. The van der Waals surface area contributed by atoms with Crippen LogP contribution in [0.5, 0.6) is 0 Å². The van der Waals surface area contributed by atoms with Gasteiger partial charge < -0.3 is 10.2 Å². The molecular formula is C23H27ClFN3O4S. The Morgan fingerprint density at radius 2 is 1.97 bits per heavy atom. The van der Waals surface area contributed by atoms with Crippen molar-refractivity contribution in [3.63, 3.8) is 0 Å². The number of ketones is 1. The molecule has 1 saturated heterocycles. The van der Waals surface area contributed by atoms with Crippen LogP contribution in [0.3, 0.4) is 0 Å². The van der Waals surface area contributed by atoms with Crippen LogP contribution in [0.25, 0.3) is 11.1 Å². The maximum absolute atomic E-state index is 14.6. The Morgan fingerprint density at radius 3 is 2.67 bits per heavy atom. The van der Waals surface area contributed by atoms with Gasteiger partial charge in [0, 0.05) is 19.6 Å². The second-order valence-electron chi connectivity index (χ2n) is 8.15. The van der Waals surface area contributed by atoms with Crippen LogP contribution >= 0.6 is 11.6 Å². The van der Waals surface area contributed by atoms with E-state index >= 15 is 0 Å². The molecule has 10 heteroatoms. The van der Waals surface area contributed by atoms with Crippen molar-refractivity contribution in [3.05, 3.63) is 58.4 Å². The van der Waals surface area contributed by atoms with Gasteiger partial charge in [-0.25, -0.2) is 22.3 Å². The van der Waals surface area contributed by atoms with Gasteiger partial charge in [-0.05, 0) is 49.4 Å². The van der Waals surface area contributed by atoms with Gasteiger partial charge in [-0.1, -0.05) is 41.4 Å². The zero-order chi connectivity index (χ0) is 24.2. The third-order valence-corrected chi connectivity index (χ3v) is 7.26. The summed E-state index contributed by atoms with van der Waals surface area (Å²) in [7, 11) is -3.80. The number of urea groups is 1. The number of hydrogen-bond donors (Lipinski definition) is 2. The van der Waals surface area contributed by atoms with Gasteiger partial charge in [0.25, 0.3) is 0 Å². The molecule has 3 rings (SSSR count). The molecule has 7 nitrogen and oxygen atoms in total. The van der Waals surface area contributed by atoms with Crippen LogP contribution in [0.15, 0.2) is 36.4 Å². The molecule has 178 valence electrons. The van der Waals surface area contributed by atoms with E-state index in [4.69, 9.17) is 11.6 Å². The highest BCUT2D eigenvalue weighted by atomic mass is 35.5. The largest absolute Gasteiger partial charge is 0.338 e. The number of halogens is 2. The van der Waals surface area contributed by atoms with Gasteiger partial charge in [-0.2, -0.15) is 0 Å². The molecule has 0 aromatic heterocycles.